The topological polar surface area (TPSA) is 70.2 Å². The Bertz CT molecular complexity index is 969. The molecule has 0 aliphatic carbocycles. The van der Waals surface area contributed by atoms with Gasteiger partial charge in [0.1, 0.15) is 5.82 Å². The Balaban J connectivity index is 1.66. The third-order valence-electron chi connectivity index (χ3n) is 5.81. The van der Waals surface area contributed by atoms with E-state index in [1.54, 1.807) is 12.1 Å². The number of carbonyl (C=O) groups excluding carboxylic acids is 2. The molecule has 2 aromatic rings. The van der Waals surface area contributed by atoms with Crippen molar-refractivity contribution in [3.63, 3.8) is 0 Å². The first-order valence-corrected chi connectivity index (χ1v) is 9.92. The summed E-state index contributed by atoms with van der Waals surface area (Å²) in [4.78, 5) is 26.2. The molecule has 3 atom stereocenters. The normalized spacial score (nSPS) is 25.7. The Hall–Kier alpha value is -2.73. The minimum atomic E-state index is -0.798. The lowest BCUT2D eigenvalue weighted by molar-refractivity contribution is -0.121. The van der Waals surface area contributed by atoms with Crippen molar-refractivity contribution < 1.29 is 14.0 Å². The van der Waals surface area contributed by atoms with Crippen LogP contribution in [0.25, 0.3) is 0 Å². The first kappa shape index (κ1) is 19.6. The third kappa shape index (κ3) is 3.53. The number of hydrogen-bond donors (Lipinski definition) is 3. The van der Waals surface area contributed by atoms with Gasteiger partial charge in [0, 0.05) is 17.4 Å². The number of halogens is 1. The molecule has 2 amide bonds. The molecule has 1 spiro atoms. The fourth-order valence-electron chi connectivity index (χ4n) is 4.60. The minimum Gasteiger partial charge on any atom is -0.325 e. The Kier molecular flexibility index (Phi) is 4.69. The zero-order valence-electron chi connectivity index (χ0n) is 16.9. The lowest BCUT2D eigenvalue weighted by atomic mass is 9.70. The van der Waals surface area contributed by atoms with Crippen LogP contribution in [0.1, 0.15) is 39.2 Å². The van der Waals surface area contributed by atoms with Crippen molar-refractivity contribution in [2.24, 2.45) is 5.41 Å². The summed E-state index contributed by atoms with van der Waals surface area (Å²) < 4.78 is 13.5. The van der Waals surface area contributed by atoms with Crippen LogP contribution >= 0.6 is 0 Å². The van der Waals surface area contributed by atoms with Gasteiger partial charge in [0.25, 0.3) is 0 Å². The number of benzene rings is 2. The average molecular weight is 395 g/mol. The van der Waals surface area contributed by atoms with Gasteiger partial charge < -0.3 is 16.0 Å². The SMILES string of the molecule is CC(C)(C)CC1NC(C(=O)Nc2cccc(F)c2)CC12C(=O)Nc1ccccc12. The number of nitrogens with one attached hydrogen (secondary N) is 3. The van der Waals surface area contributed by atoms with E-state index < -0.39 is 17.3 Å². The summed E-state index contributed by atoms with van der Waals surface area (Å²) in [6.45, 7) is 6.38. The van der Waals surface area contributed by atoms with E-state index in [2.05, 4.69) is 36.7 Å². The van der Waals surface area contributed by atoms with E-state index in [1.807, 2.05) is 24.3 Å². The van der Waals surface area contributed by atoms with Gasteiger partial charge in [-0.05, 0) is 48.1 Å². The summed E-state index contributed by atoms with van der Waals surface area (Å²) in [5.74, 6) is -0.738. The highest BCUT2D eigenvalue weighted by Crippen LogP contribution is 2.49. The molecule has 2 aliphatic rings. The lowest BCUT2D eigenvalue weighted by Gasteiger charge is -2.33. The fourth-order valence-corrected chi connectivity index (χ4v) is 4.60. The molecule has 29 heavy (non-hydrogen) atoms. The van der Waals surface area contributed by atoms with Crippen molar-refractivity contribution in [2.45, 2.75) is 51.1 Å². The molecule has 5 nitrogen and oxygen atoms in total. The number of anilines is 2. The molecule has 0 aromatic heterocycles. The van der Waals surface area contributed by atoms with Gasteiger partial charge in [-0.1, -0.05) is 45.0 Å². The molecule has 1 saturated heterocycles. The van der Waals surface area contributed by atoms with Crippen LogP contribution in [-0.4, -0.2) is 23.9 Å². The highest BCUT2D eigenvalue weighted by molar-refractivity contribution is 6.08. The average Bonchev–Trinajstić information content (AvgIpc) is 3.14. The highest BCUT2D eigenvalue weighted by Gasteiger charge is 2.59. The Labute approximate surface area is 170 Å². The van der Waals surface area contributed by atoms with Crippen molar-refractivity contribution in [3.8, 4) is 0 Å². The van der Waals surface area contributed by atoms with Crippen LogP contribution in [0.5, 0.6) is 0 Å². The monoisotopic (exact) mass is 395 g/mol. The Morgan fingerprint density at radius 2 is 1.97 bits per heavy atom. The maximum atomic E-state index is 13.5. The zero-order valence-corrected chi connectivity index (χ0v) is 16.9. The van der Waals surface area contributed by atoms with Gasteiger partial charge in [0.15, 0.2) is 0 Å². The van der Waals surface area contributed by atoms with E-state index in [4.69, 9.17) is 0 Å². The first-order chi connectivity index (χ1) is 13.7. The van der Waals surface area contributed by atoms with E-state index >= 15 is 0 Å². The van der Waals surface area contributed by atoms with E-state index in [0.717, 1.165) is 17.7 Å². The molecule has 4 rings (SSSR count). The molecule has 3 unspecified atom stereocenters. The predicted molar refractivity (Wildman–Crippen MR) is 111 cm³/mol. The molecular formula is C23H26FN3O2. The molecule has 152 valence electrons. The second kappa shape index (κ2) is 6.95. The molecule has 2 aromatic carbocycles. The summed E-state index contributed by atoms with van der Waals surface area (Å²) in [6.07, 6.45) is 1.09. The van der Waals surface area contributed by atoms with E-state index in [-0.39, 0.29) is 23.3 Å². The predicted octanol–water partition coefficient (Wildman–Crippen LogP) is 3.82. The lowest BCUT2D eigenvalue weighted by Crippen LogP contribution is -2.48. The second-order valence-corrected chi connectivity index (χ2v) is 9.21. The van der Waals surface area contributed by atoms with Gasteiger partial charge in [-0.3, -0.25) is 9.59 Å². The molecule has 0 bridgehead atoms. The van der Waals surface area contributed by atoms with Crippen molar-refractivity contribution >= 4 is 23.2 Å². The first-order valence-electron chi connectivity index (χ1n) is 9.92. The van der Waals surface area contributed by atoms with Gasteiger partial charge >= 0.3 is 0 Å². The van der Waals surface area contributed by atoms with Crippen LogP contribution in [0.3, 0.4) is 0 Å². The summed E-state index contributed by atoms with van der Waals surface area (Å²) in [5, 5.41) is 9.20. The van der Waals surface area contributed by atoms with Gasteiger partial charge in [-0.25, -0.2) is 4.39 Å². The van der Waals surface area contributed by atoms with Gasteiger partial charge in [-0.15, -0.1) is 0 Å². The highest BCUT2D eigenvalue weighted by atomic mass is 19.1. The fraction of sp³-hybridized carbons (Fsp3) is 0.391. The number of amides is 2. The van der Waals surface area contributed by atoms with Crippen LogP contribution in [0, 0.1) is 11.2 Å². The smallest absolute Gasteiger partial charge is 0.241 e. The van der Waals surface area contributed by atoms with E-state index in [9.17, 15) is 14.0 Å². The van der Waals surface area contributed by atoms with Crippen molar-refractivity contribution in [1.29, 1.82) is 0 Å². The number of rotatable bonds is 3. The van der Waals surface area contributed by atoms with Crippen LogP contribution in [0.15, 0.2) is 48.5 Å². The van der Waals surface area contributed by atoms with Crippen LogP contribution in [0.2, 0.25) is 0 Å². The molecular weight excluding hydrogens is 369 g/mol. The summed E-state index contributed by atoms with van der Waals surface area (Å²) in [6, 6.07) is 12.8. The molecule has 6 heteroatoms. The molecule has 0 radical (unpaired) electrons. The summed E-state index contributed by atoms with van der Waals surface area (Å²) >= 11 is 0. The largest absolute Gasteiger partial charge is 0.325 e. The Morgan fingerprint density at radius 1 is 1.21 bits per heavy atom. The number of para-hydroxylation sites is 1. The van der Waals surface area contributed by atoms with Crippen LogP contribution in [-0.2, 0) is 15.0 Å². The van der Waals surface area contributed by atoms with Crippen LogP contribution < -0.4 is 16.0 Å². The molecule has 1 fully saturated rings. The quantitative estimate of drug-likeness (QED) is 0.740. The summed E-state index contributed by atoms with van der Waals surface area (Å²) in [5.41, 5.74) is 1.32. The minimum absolute atomic E-state index is 0.0313. The van der Waals surface area contributed by atoms with Gasteiger partial charge in [0.05, 0.1) is 11.5 Å². The van der Waals surface area contributed by atoms with Gasteiger partial charge in [0.2, 0.25) is 11.8 Å². The van der Waals surface area contributed by atoms with Gasteiger partial charge in [-0.2, -0.15) is 0 Å². The summed E-state index contributed by atoms with van der Waals surface area (Å²) in [7, 11) is 0. The maximum Gasteiger partial charge on any atom is 0.241 e. The van der Waals surface area contributed by atoms with Crippen molar-refractivity contribution in [1.82, 2.24) is 5.32 Å². The third-order valence-corrected chi connectivity index (χ3v) is 5.81. The van der Waals surface area contributed by atoms with Crippen LogP contribution in [0.4, 0.5) is 15.8 Å². The van der Waals surface area contributed by atoms with E-state index in [0.29, 0.717) is 12.1 Å². The maximum absolute atomic E-state index is 13.5. The molecule has 3 N–H and O–H groups in total. The molecule has 2 heterocycles. The standard InChI is InChI=1S/C23H26FN3O2/c1-22(2,3)13-19-23(16-9-4-5-10-17(16)27-21(23)29)12-18(26-19)20(28)25-15-8-6-7-14(24)11-15/h4-11,18-19,26H,12-13H2,1-3H3,(H,25,28)(H,27,29). The number of carbonyl (C=O) groups is 2. The molecule has 2 aliphatic heterocycles. The molecule has 0 saturated carbocycles. The van der Waals surface area contributed by atoms with Crippen molar-refractivity contribution in [2.75, 3.05) is 10.6 Å². The number of fused-ring (bicyclic) bond motifs is 2. The number of hydrogen-bond acceptors (Lipinski definition) is 3. The Morgan fingerprint density at radius 3 is 2.69 bits per heavy atom. The van der Waals surface area contributed by atoms with E-state index in [1.165, 1.54) is 12.1 Å². The van der Waals surface area contributed by atoms with Crippen molar-refractivity contribution in [3.05, 3.63) is 59.9 Å². The second-order valence-electron chi connectivity index (χ2n) is 9.21. The zero-order chi connectivity index (χ0) is 20.8.